The molecule has 7 nitrogen and oxygen atoms in total. The van der Waals surface area contributed by atoms with Gasteiger partial charge in [-0.15, -0.1) is 0 Å². The number of carbonyl (C=O) groups is 1. The number of pyridine rings is 1. The van der Waals surface area contributed by atoms with Gasteiger partial charge in [-0.1, -0.05) is 11.2 Å². The molecule has 150 valence electrons. The number of likely N-dealkylation sites (tertiary alicyclic amines) is 1. The molecule has 1 atom stereocenters. The Hall–Kier alpha value is -2.65. The molecular weight excluding hydrogens is 375 g/mol. The summed E-state index contributed by atoms with van der Waals surface area (Å²) in [5.74, 6) is -0.209. The fourth-order valence-electron chi connectivity index (χ4n) is 3.81. The van der Waals surface area contributed by atoms with Crippen LogP contribution in [-0.4, -0.2) is 58.3 Å². The second-order valence-corrected chi connectivity index (χ2v) is 7.22. The summed E-state index contributed by atoms with van der Waals surface area (Å²) in [5, 5.41) is 3.66. The van der Waals surface area contributed by atoms with E-state index in [1.807, 2.05) is 0 Å². The molecule has 0 aliphatic carbocycles. The summed E-state index contributed by atoms with van der Waals surface area (Å²) in [5.41, 5.74) is -2.27. The van der Waals surface area contributed by atoms with E-state index in [0.717, 1.165) is 12.8 Å². The second-order valence-electron chi connectivity index (χ2n) is 7.22. The first-order chi connectivity index (χ1) is 13.4. The maximum atomic E-state index is 14.1. The van der Waals surface area contributed by atoms with Crippen molar-refractivity contribution in [3.63, 3.8) is 0 Å². The average Bonchev–Trinajstić information content (AvgIpc) is 3.42. The molecule has 1 unspecified atom stereocenters. The molecule has 2 fully saturated rings. The van der Waals surface area contributed by atoms with Gasteiger partial charge in [0.2, 0.25) is 11.8 Å². The first-order valence-electron chi connectivity index (χ1n) is 9.23. The van der Waals surface area contributed by atoms with Crippen molar-refractivity contribution in [2.24, 2.45) is 0 Å². The molecule has 2 saturated heterocycles. The third kappa shape index (κ3) is 3.31. The summed E-state index contributed by atoms with van der Waals surface area (Å²) in [6, 6.07) is 5.10. The monoisotopic (exact) mass is 395 g/mol. The van der Waals surface area contributed by atoms with Crippen LogP contribution in [0.3, 0.4) is 0 Å². The lowest BCUT2D eigenvalue weighted by atomic mass is 9.86. The summed E-state index contributed by atoms with van der Waals surface area (Å²) in [6.07, 6.45) is -1.53. The highest BCUT2D eigenvalue weighted by atomic mass is 19.4. The van der Waals surface area contributed by atoms with Gasteiger partial charge in [0.05, 0.1) is 6.42 Å². The molecule has 10 heteroatoms. The van der Waals surface area contributed by atoms with Gasteiger partial charge < -0.3 is 14.3 Å². The number of rotatable bonds is 4. The van der Waals surface area contributed by atoms with Gasteiger partial charge in [0, 0.05) is 32.4 Å². The Balaban J connectivity index is 1.56. The standard InChI is InChI=1S/C18H20F3N5O2/c19-18(20,21)17(6-10-26(12-17)14-5-1-2-7-22-14)16-23-13(24-28-16)11-15(27)25-8-3-4-9-25/h1-2,5,7H,3-4,6,8-12H2. The van der Waals surface area contributed by atoms with Crippen molar-refractivity contribution in [1.29, 1.82) is 0 Å². The highest BCUT2D eigenvalue weighted by molar-refractivity contribution is 5.78. The van der Waals surface area contributed by atoms with Crippen LogP contribution in [-0.2, 0) is 16.6 Å². The summed E-state index contributed by atoms with van der Waals surface area (Å²) in [6.45, 7) is 1.14. The Morgan fingerprint density at radius 1 is 1.21 bits per heavy atom. The van der Waals surface area contributed by atoms with Crippen LogP contribution < -0.4 is 4.90 Å². The third-order valence-electron chi connectivity index (χ3n) is 5.43. The highest BCUT2D eigenvalue weighted by Crippen LogP contribution is 2.47. The molecule has 0 N–H and O–H groups in total. The molecule has 0 aromatic carbocycles. The zero-order valence-electron chi connectivity index (χ0n) is 15.2. The Morgan fingerprint density at radius 2 is 2.00 bits per heavy atom. The zero-order chi connectivity index (χ0) is 19.8. The summed E-state index contributed by atoms with van der Waals surface area (Å²) >= 11 is 0. The molecule has 2 aliphatic heterocycles. The van der Waals surface area contributed by atoms with Gasteiger partial charge in [-0.2, -0.15) is 18.2 Å². The smallest absolute Gasteiger partial charge is 0.355 e. The molecule has 4 heterocycles. The molecule has 0 radical (unpaired) electrons. The van der Waals surface area contributed by atoms with E-state index in [-0.39, 0.29) is 37.7 Å². The lowest BCUT2D eigenvalue weighted by Gasteiger charge is -2.28. The van der Waals surface area contributed by atoms with Crippen LogP contribution in [0.1, 0.15) is 31.0 Å². The van der Waals surface area contributed by atoms with Crippen molar-refractivity contribution >= 4 is 11.7 Å². The lowest BCUT2D eigenvalue weighted by Crippen LogP contribution is -2.45. The molecule has 2 aromatic heterocycles. The van der Waals surface area contributed by atoms with Gasteiger partial charge in [-0.25, -0.2) is 4.98 Å². The van der Waals surface area contributed by atoms with Crippen molar-refractivity contribution in [1.82, 2.24) is 20.0 Å². The van der Waals surface area contributed by atoms with Crippen molar-refractivity contribution in [2.75, 3.05) is 31.1 Å². The molecule has 1 amide bonds. The third-order valence-corrected chi connectivity index (χ3v) is 5.43. The number of aromatic nitrogens is 3. The predicted molar refractivity (Wildman–Crippen MR) is 92.6 cm³/mol. The quantitative estimate of drug-likeness (QED) is 0.791. The van der Waals surface area contributed by atoms with Gasteiger partial charge in [-0.05, 0) is 31.4 Å². The minimum absolute atomic E-state index is 0.00758. The van der Waals surface area contributed by atoms with Crippen molar-refractivity contribution in [3.8, 4) is 0 Å². The van der Waals surface area contributed by atoms with Crippen LogP contribution in [0.15, 0.2) is 28.9 Å². The molecule has 4 rings (SSSR count). The predicted octanol–water partition coefficient (Wildman–Crippen LogP) is 2.34. The average molecular weight is 395 g/mol. The van der Waals surface area contributed by atoms with Crippen LogP contribution in [0.5, 0.6) is 0 Å². The van der Waals surface area contributed by atoms with E-state index < -0.39 is 17.5 Å². The Bertz CT molecular complexity index is 835. The minimum Gasteiger partial charge on any atom is -0.355 e. The SMILES string of the molecule is O=C(Cc1noc(C2(C(F)(F)F)CCN(c3ccccn3)C2)n1)N1CCCC1. The fraction of sp³-hybridized carbons (Fsp3) is 0.556. The summed E-state index contributed by atoms with van der Waals surface area (Å²) in [7, 11) is 0. The van der Waals surface area contributed by atoms with E-state index >= 15 is 0 Å². The molecule has 28 heavy (non-hydrogen) atoms. The second kappa shape index (κ2) is 7.06. The molecule has 0 spiro atoms. The maximum absolute atomic E-state index is 14.1. The highest BCUT2D eigenvalue weighted by Gasteiger charge is 2.63. The zero-order valence-corrected chi connectivity index (χ0v) is 15.2. The number of hydrogen-bond acceptors (Lipinski definition) is 6. The number of halogens is 3. The largest absolute Gasteiger partial charge is 0.405 e. The van der Waals surface area contributed by atoms with E-state index in [4.69, 9.17) is 4.52 Å². The Kier molecular flexibility index (Phi) is 4.72. The molecular formula is C18H20F3N5O2. The first-order valence-corrected chi connectivity index (χ1v) is 9.23. The molecule has 0 bridgehead atoms. The van der Waals surface area contributed by atoms with E-state index in [1.54, 1.807) is 28.0 Å². The van der Waals surface area contributed by atoms with Gasteiger partial charge in [-0.3, -0.25) is 4.79 Å². The van der Waals surface area contributed by atoms with Gasteiger partial charge in [0.1, 0.15) is 5.82 Å². The van der Waals surface area contributed by atoms with Gasteiger partial charge >= 0.3 is 6.18 Å². The van der Waals surface area contributed by atoms with Crippen molar-refractivity contribution in [2.45, 2.75) is 37.3 Å². The molecule has 0 saturated carbocycles. The van der Waals surface area contributed by atoms with E-state index in [1.165, 1.54) is 6.20 Å². The molecule has 2 aromatic rings. The van der Waals surface area contributed by atoms with E-state index in [2.05, 4.69) is 15.1 Å². The summed E-state index contributed by atoms with van der Waals surface area (Å²) in [4.78, 5) is 23.6. The first kappa shape index (κ1) is 18.7. The number of hydrogen-bond donors (Lipinski definition) is 0. The number of amides is 1. The van der Waals surface area contributed by atoms with Crippen molar-refractivity contribution in [3.05, 3.63) is 36.1 Å². The van der Waals surface area contributed by atoms with Gasteiger partial charge in [0.25, 0.3) is 0 Å². The molecule has 2 aliphatic rings. The van der Waals surface area contributed by atoms with Gasteiger partial charge in [0.15, 0.2) is 11.2 Å². The van der Waals surface area contributed by atoms with Crippen LogP contribution in [0.2, 0.25) is 0 Å². The Labute approximate surface area is 159 Å². The Morgan fingerprint density at radius 3 is 2.68 bits per heavy atom. The normalized spacial score (nSPS) is 22.8. The number of nitrogens with zero attached hydrogens (tertiary/aromatic N) is 5. The number of alkyl halides is 3. The lowest BCUT2D eigenvalue weighted by molar-refractivity contribution is -0.191. The van der Waals surface area contributed by atoms with Crippen LogP contribution in [0, 0.1) is 0 Å². The van der Waals surface area contributed by atoms with Crippen molar-refractivity contribution < 1.29 is 22.5 Å². The van der Waals surface area contributed by atoms with Crippen LogP contribution in [0.25, 0.3) is 0 Å². The topological polar surface area (TPSA) is 75.4 Å². The van der Waals surface area contributed by atoms with Crippen LogP contribution in [0.4, 0.5) is 19.0 Å². The number of anilines is 1. The minimum atomic E-state index is -4.57. The van der Waals surface area contributed by atoms with E-state index in [9.17, 15) is 18.0 Å². The summed E-state index contributed by atoms with van der Waals surface area (Å²) < 4.78 is 47.2. The number of carbonyl (C=O) groups excluding carboxylic acids is 1. The van der Waals surface area contributed by atoms with Crippen LogP contribution >= 0.6 is 0 Å². The maximum Gasteiger partial charge on any atom is 0.405 e. The van der Waals surface area contributed by atoms with E-state index in [0.29, 0.717) is 18.9 Å². The fourth-order valence-corrected chi connectivity index (χ4v) is 3.81.